The lowest BCUT2D eigenvalue weighted by Crippen LogP contribution is -1.99. The van der Waals surface area contributed by atoms with Crippen LogP contribution in [0.15, 0.2) is 18.2 Å². The second-order valence-electron chi connectivity index (χ2n) is 2.29. The van der Waals surface area contributed by atoms with Gasteiger partial charge in [0.05, 0.1) is 12.2 Å². The van der Waals surface area contributed by atoms with Crippen LogP contribution in [0.25, 0.3) is 0 Å². The Bertz CT molecular complexity index is 335. The van der Waals surface area contributed by atoms with Gasteiger partial charge in [-0.15, -0.1) is 0 Å². The van der Waals surface area contributed by atoms with Crippen LogP contribution in [0, 0.1) is 14.9 Å². The number of nitriles is 1. The first-order valence-electron chi connectivity index (χ1n) is 3.66. The van der Waals surface area contributed by atoms with E-state index in [0.717, 1.165) is 8.90 Å². The molecule has 0 aliphatic rings. The number of benzene rings is 1. The lowest BCUT2D eigenvalue weighted by Gasteiger charge is -2.05. The lowest BCUT2D eigenvalue weighted by molar-refractivity contribution is 0.344. The van der Waals surface area contributed by atoms with Gasteiger partial charge in [-0.25, -0.2) is 0 Å². The molecule has 13 heavy (non-hydrogen) atoms. The van der Waals surface area contributed by atoms with Crippen LogP contribution in [0.4, 0.5) is 0 Å². The summed E-state index contributed by atoms with van der Waals surface area (Å²) in [7, 11) is 0. The molecule has 2 nitrogen and oxygen atoms in total. The van der Waals surface area contributed by atoms with E-state index in [1.807, 2.05) is 18.2 Å². The Labute approximate surface area is 99.2 Å². The maximum absolute atomic E-state index is 8.80. The molecule has 1 aromatic rings. The number of rotatable bonds is 3. The molecule has 0 heterocycles. The molecule has 1 rings (SSSR count). The zero-order chi connectivity index (χ0) is 9.68. The van der Waals surface area contributed by atoms with Crippen molar-refractivity contribution in [1.29, 1.82) is 5.26 Å². The third kappa shape index (κ3) is 3.16. The Morgan fingerprint density at radius 1 is 1.54 bits per heavy atom. The molecule has 4 heteroatoms. The average molecular weight is 352 g/mol. The van der Waals surface area contributed by atoms with Crippen molar-refractivity contribution in [2.24, 2.45) is 0 Å². The molecule has 0 saturated carbocycles. The number of hydrogen-bond acceptors (Lipinski definition) is 2. The normalized spacial score (nSPS) is 9.31. The van der Waals surface area contributed by atoms with Crippen molar-refractivity contribution in [1.82, 2.24) is 0 Å². The van der Waals surface area contributed by atoms with E-state index in [0.29, 0.717) is 17.9 Å². The summed E-state index contributed by atoms with van der Waals surface area (Å²) < 4.78 is 6.40. The molecule has 0 atom stereocenters. The SMILES string of the molecule is N#Cc1cc(I)ccc1OCCBr. The van der Waals surface area contributed by atoms with E-state index >= 15 is 0 Å². The predicted molar refractivity (Wildman–Crippen MR) is 63.2 cm³/mol. The minimum absolute atomic E-state index is 0.579. The molecule has 0 radical (unpaired) electrons. The molecule has 0 spiro atoms. The fourth-order valence-corrected chi connectivity index (χ4v) is 1.52. The highest BCUT2D eigenvalue weighted by Gasteiger charge is 2.02. The third-order valence-electron chi connectivity index (χ3n) is 1.40. The minimum atomic E-state index is 0.579. The fourth-order valence-electron chi connectivity index (χ4n) is 0.864. The number of ether oxygens (including phenoxy) is 1. The van der Waals surface area contributed by atoms with Crippen molar-refractivity contribution < 1.29 is 4.74 Å². The van der Waals surface area contributed by atoms with Crippen LogP contribution < -0.4 is 4.74 Å². The van der Waals surface area contributed by atoms with Crippen molar-refractivity contribution in [3.63, 3.8) is 0 Å². The van der Waals surface area contributed by atoms with Crippen LogP contribution in [0.3, 0.4) is 0 Å². The highest BCUT2D eigenvalue weighted by Crippen LogP contribution is 2.20. The Kier molecular flexibility index (Phi) is 4.53. The third-order valence-corrected chi connectivity index (χ3v) is 2.39. The van der Waals surface area contributed by atoms with Gasteiger partial charge >= 0.3 is 0 Å². The molecular formula is C9H7BrINO. The lowest BCUT2D eigenvalue weighted by atomic mass is 10.2. The zero-order valence-corrected chi connectivity index (χ0v) is 10.5. The maximum atomic E-state index is 8.80. The van der Waals surface area contributed by atoms with Gasteiger partial charge in [-0.2, -0.15) is 5.26 Å². The van der Waals surface area contributed by atoms with Gasteiger partial charge in [0.2, 0.25) is 0 Å². The second-order valence-corrected chi connectivity index (χ2v) is 4.33. The Morgan fingerprint density at radius 3 is 2.92 bits per heavy atom. The predicted octanol–water partition coefficient (Wildman–Crippen LogP) is 2.94. The molecule has 0 bridgehead atoms. The van der Waals surface area contributed by atoms with Gasteiger partial charge in [-0.05, 0) is 40.8 Å². The molecule has 0 aromatic heterocycles. The van der Waals surface area contributed by atoms with Gasteiger partial charge in [0.1, 0.15) is 11.8 Å². The quantitative estimate of drug-likeness (QED) is 0.619. The van der Waals surface area contributed by atoms with Crippen LogP contribution in [0.5, 0.6) is 5.75 Å². The van der Waals surface area contributed by atoms with Crippen LogP contribution in [-0.2, 0) is 0 Å². The highest BCUT2D eigenvalue weighted by molar-refractivity contribution is 14.1. The summed E-state index contributed by atoms with van der Waals surface area (Å²) in [5.41, 5.74) is 0.591. The summed E-state index contributed by atoms with van der Waals surface area (Å²) in [6.07, 6.45) is 0. The van der Waals surface area contributed by atoms with Gasteiger partial charge in [0, 0.05) is 8.90 Å². The van der Waals surface area contributed by atoms with Crippen LogP contribution in [0.1, 0.15) is 5.56 Å². The second kappa shape index (κ2) is 5.45. The van der Waals surface area contributed by atoms with E-state index in [1.165, 1.54) is 0 Å². The monoisotopic (exact) mass is 351 g/mol. The molecular weight excluding hydrogens is 345 g/mol. The van der Waals surface area contributed by atoms with Crippen LogP contribution in [-0.4, -0.2) is 11.9 Å². The van der Waals surface area contributed by atoms with E-state index in [2.05, 4.69) is 44.6 Å². The number of alkyl halides is 1. The van der Waals surface area contributed by atoms with Crippen molar-refractivity contribution in [2.75, 3.05) is 11.9 Å². The Morgan fingerprint density at radius 2 is 2.31 bits per heavy atom. The summed E-state index contributed by atoms with van der Waals surface area (Å²) in [6, 6.07) is 7.65. The Hall–Kier alpha value is -0.280. The summed E-state index contributed by atoms with van der Waals surface area (Å²) in [5.74, 6) is 0.655. The van der Waals surface area contributed by atoms with Crippen molar-refractivity contribution in [3.05, 3.63) is 27.3 Å². The average Bonchev–Trinajstić information content (AvgIpc) is 2.16. The first-order chi connectivity index (χ1) is 6.27. The minimum Gasteiger partial charge on any atom is -0.491 e. The van der Waals surface area contributed by atoms with E-state index in [4.69, 9.17) is 10.00 Å². The van der Waals surface area contributed by atoms with Gasteiger partial charge in [-0.3, -0.25) is 0 Å². The molecule has 0 unspecified atom stereocenters. The van der Waals surface area contributed by atoms with E-state index in [1.54, 1.807) is 0 Å². The molecule has 0 fully saturated rings. The standard InChI is InChI=1S/C9H7BrINO/c10-3-4-13-9-2-1-8(11)5-7(9)6-12/h1-2,5H,3-4H2. The highest BCUT2D eigenvalue weighted by atomic mass is 127. The Balaban J connectivity index is 2.88. The van der Waals surface area contributed by atoms with E-state index in [9.17, 15) is 0 Å². The van der Waals surface area contributed by atoms with Gasteiger partial charge in [-0.1, -0.05) is 15.9 Å². The van der Waals surface area contributed by atoms with Crippen molar-refractivity contribution in [2.45, 2.75) is 0 Å². The summed E-state index contributed by atoms with van der Waals surface area (Å²) >= 11 is 5.43. The smallest absolute Gasteiger partial charge is 0.137 e. The van der Waals surface area contributed by atoms with Gasteiger partial charge in [0.25, 0.3) is 0 Å². The molecule has 1 aromatic carbocycles. The number of nitrogens with zero attached hydrogens (tertiary/aromatic N) is 1. The van der Waals surface area contributed by atoms with Gasteiger partial charge < -0.3 is 4.74 Å². The molecule has 0 saturated heterocycles. The summed E-state index contributed by atoms with van der Waals surface area (Å²) in [6.45, 7) is 0.579. The van der Waals surface area contributed by atoms with Gasteiger partial charge in [0.15, 0.2) is 0 Å². The first kappa shape index (κ1) is 10.8. The summed E-state index contributed by atoms with van der Waals surface area (Å²) in [4.78, 5) is 0. The first-order valence-corrected chi connectivity index (χ1v) is 5.86. The van der Waals surface area contributed by atoms with Crippen LogP contribution in [0.2, 0.25) is 0 Å². The maximum Gasteiger partial charge on any atom is 0.137 e. The largest absolute Gasteiger partial charge is 0.491 e. The molecule has 68 valence electrons. The van der Waals surface area contributed by atoms with Crippen LogP contribution >= 0.6 is 38.5 Å². The van der Waals surface area contributed by atoms with Crippen molar-refractivity contribution >= 4 is 38.5 Å². The molecule has 0 aliphatic heterocycles. The summed E-state index contributed by atoms with van der Waals surface area (Å²) in [5, 5.41) is 9.56. The topological polar surface area (TPSA) is 33.0 Å². The number of hydrogen-bond donors (Lipinski definition) is 0. The van der Waals surface area contributed by atoms with Crippen molar-refractivity contribution in [3.8, 4) is 11.8 Å². The molecule has 0 N–H and O–H groups in total. The fraction of sp³-hybridized carbons (Fsp3) is 0.222. The van der Waals surface area contributed by atoms with E-state index in [-0.39, 0.29) is 0 Å². The zero-order valence-electron chi connectivity index (χ0n) is 6.76. The van der Waals surface area contributed by atoms with E-state index < -0.39 is 0 Å². The molecule has 0 aliphatic carbocycles. The molecule has 0 amide bonds. The number of halogens is 2.